The number of carbonyl (C=O) groups excluding carboxylic acids is 2. The molecule has 0 amide bonds. The van der Waals surface area contributed by atoms with Crippen LogP contribution in [0.3, 0.4) is 0 Å². The van der Waals surface area contributed by atoms with Crippen molar-refractivity contribution in [1.29, 1.82) is 0 Å². The molecule has 4 aromatic rings. The molecule has 0 aliphatic carbocycles. The standard InChI is InChI=1S/C25H18O7/c1-29-25(28)17-7-9-18(10-8-17)32-23-15-31-22-13-19(11-12-20(22)24(23)27)30-14-21(26)16-5-3-2-4-6-16/h2-13,15H,14H2,1H3. The molecule has 0 N–H and O–H groups in total. The van der Waals surface area contributed by atoms with Gasteiger partial charge in [0.1, 0.15) is 23.3 Å². The highest BCUT2D eigenvalue weighted by Crippen LogP contribution is 2.24. The molecule has 0 radical (unpaired) electrons. The number of hydrogen-bond donors (Lipinski definition) is 0. The van der Waals surface area contributed by atoms with Gasteiger partial charge in [0, 0.05) is 11.6 Å². The van der Waals surface area contributed by atoms with Gasteiger partial charge in [-0.15, -0.1) is 0 Å². The minimum Gasteiger partial charge on any atom is -0.485 e. The third kappa shape index (κ3) is 4.52. The maximum absolute atomic E-state index is 12.8. The molecule has 7 heteroatoms. The van der Waals surface area contributed by atoms with E-state index in [0.29, 0.717) is 33.6 Å². The fourth-order valence-electron chi connectivity index (χ4n) is 3.01. The van der Waals surface area contributed by atoms with Crippen molar-refractivity contribution in [2.45, 2.75) is 0 Å². The highest BCUT2D eigenvalue weighted by atomic mass is 16.5. The summed E-state index contributed by atoms with van der Waals surface area (Å²) in [5.74, 6) is 0.135. The van der Waals surface area contributed by atoms with Crippen LogP contribution < -0.4 is 14.9 Å². The number of ether oxygens (including phenoxy) is 3. The minimum absolute atomic E-state index is 0.00348. The Bertz CT molecular complexity index is 1320. The van der Waals surface area contributed by atoms with E-state index in [9.17, 15) is 14.4 Å². The summed E-state index contributed by atoms with van der Waals surface area (Å²) in [7, 11) is 1.30. The lowest BCUT2D eigenvalue weighted by atomic mass is 10.1. The van der Waals surface area contributed by atoms with Gasteiger partial charge in [0.25, 0.3) is 0 Å². The third-order valence-electron chi connectivity index (χ3n) is 4.68. The fourth-order valence-corrected chi connectivity index (χ4v) is 3.01. The molecule has 1 aromatic heterocycles. The number of fused-ring (bicyclic) bond motifs is 1. The lowest BCUT2D eigenvalue weighted by molar-refractivity contribution is 0.0600. The Morgan fingerprint density at radius 3 is 2.31 bits per heavy atom. The molecular formula is C25H18O7. The quantitative estimate of drug-likeness (QED) is 0.312. The van der Waals surface area contributed by atoms with Crippen LogP contribution in [0.5, 0.6) is 17.2 Å². The monoisotopic (exact) mass is 430 g/mol. The van der Waals surface area contributed by atoms with Crippen LogP contribution in [0.25, 0.3) is 11.0 Å². The van der Waals surface area contributed by atoms with Crippen molar-refractivity contribution in [1.82, 2.24) is 0 Å². The Labute approximate surface area is 182 Å². The maximum atomic E-state index is 12.8. The van der Waals surface area contributed by atoms with E-state index >= 15 is 0 Å². The molecule has 0 atom stereocenters. The number of ketones is 1. The summed E-state index contributed by atoms with van der Waals surface area (Å²) in [6.07, 6.45) is 1.21. The van der Waals surface area contributed by atoms with E-state index in [2.05, 4.69) is 4.74 Å². The molecule has 32 heavy (non-hydrogen) atoms. The highest BCUT2D eigenvalue weighted by molar-refractivity contribution is 5.97. The molecule has 0 saturated heterocycles. The summed E-state index contributed by atoms with van der Waals surface area (Å²) in [6.45, 7) is -0.136. The number of methoxy groups -OCH3 is 1. The van der Waals surface area contributed by atoms with Gasteiger partial charge in [0.15, 0.2) is 12.4 Å². The molecule has 4 rings (SSSR count). The molecule has 1 heterocycles. The zero-order valence-electron chi connectivity index (χ0n) is 17.1. The highest BCUT2D eigenvalue weighted by Gasteiger charge is 2.12. The fraction of sp³-hybridized carbons (Fsp3) is 0.0800. The number of hydrogen-bond acceptors (Lipinski definition) is 7. The normalized spacial score (nSPS) is 10.5. The first-order chi connectivity index (χ1) is 15.5. The lowest BCUT2D eigenvalue weighted by Gasteiger charge is -2.08. The summed E-state index contributed by atoms with van der Waals surface area (Å²) < 4.78 is 21.4. The molecule has 7 nitrogen and oxygen atoms in total. The zero-order chi connectivity index (χ0) is 22.5. The van der Waals surface area contributed by atoms with E-state index in [1.54, 1.807) is 54.6 Å². The average molecular weight is 430 g/mol. The molecule has 0 unspecified atom stereocenters. The van der Waals surface area contributed by atoms with Crippen molar-refractivity contribution >= 4 is 22.7 Å². The topological polar surface area (TPSA) is 92.0 Å². The summed E-state index contributed by atoms with van der Waals surface area (Å²) in [6, 6.07) is 19.7. The Kier molecular flexibility index (Phi) is 5.98. The number of esters is 1. The predicted octanol–water partition coefficient (Wildman–Crippen LogP) is 4.63. The number of rotatable bonds is 7. The second-order valence-corrected chi connectivity index (χ2v) is 6.78. The lowest BCUT2D eigenvalue weighted by Crippen LogP contribution is -2.11. The van der Waals surface area contributed by atoms with Crippen LogP contribution in [-0.4, -0.2) is 25.5 Å². The zero-order valence-corrected chi connectivity index (χ0v) is 17.1. The number of Topliss-reactive ketones (excluding diaryl/α,β-unsaturated/α-hetero) is 1. The van der Waals surface area contributed by atoms with Crippen molar-refractivity contribution in [3.8, 4) is 17.2 Å². The summed E-state index contributed by atoms with van der Waals surface area (Å²) in [5.41, 5.74) is 0.855. The predicted molar refractivity (Wildman–Crippen MR) is 117 cm³/mol. The first kappa shape index (κ1) is 20.9. The van der Waals surface area contributed by atoms with Gasteiger partial charge >= 0.3 is 5.97 Å². The van der Waals surface area contributed by atoms with Crippen LogP contribution >= 0.6 is 0 Å². The van der Waals surface area contributed by atoms with Crippen LogP contribution in [0, 0.1) is 0 Å². The molecule has 0 saturated carbocycles. The van der Waals surface area contributed by atoms with E-state index in [1.165, 1.54) is 25.5 Å². The van der Waals surface area contributed by atoms with E-state index < -0.39 is 5.97 Å². The summed E-state index contributed by atoms with van der Waals surface area (Å²) in [4.78, 5) is 36.5. The van der Waals surface area contributed by atoms with Crippen molar-refractivity contribution in [3.05, 3.63) is 100 Å². The van der Waals surface area contributed by atoms with E-state index in [-0.39, 0.29) is 23.6 Å². The summed E-state index contributed by atoms with van der Waals surface area (Å²) in [5, 5.41) is 0.301. The molecule has 0 fully saturated rings. The second-order valence-electron chi connectivity index (χ2n) is 6.78. The molecule has 0 spiro atoms. The van der Waals surface area contributed by atoms with Gasteiger partial charge < -0.3 is 18.6 Å². The molecule has 3 aromatic carbocycles. The van der Waals surface area contributed by atoms with Gasteiger partial charge in [-0.1, -0.05) is 30.3 Å². The van der Waals surface area contributed by atoms with Crippen molar-refractivity contribution < 1.29 is 28.2 Å². The van der Waals surface area contributed by atoms with Gasteiger partial charge in [-0.3, -0.25) is 9.59 Å². The average Bonchev–Trinajstić information content (AvgIpc) is 2.84. The smallest absolute Gasteiger partial charge is 0.337 e. The third-order valence-corrected chi connectivity index (χ3v) is 4.68. The van der Waals surface area contributed by atoms with Crippen molar-refractivity contribution in [3.63, 3.8) is 0 Å². The minimum atomic E-state index is -0.467. The van der Waals surface area contributed by atoms with E-state index in [1.807, 2.05) is 6.07 Å². The number of benzene rings is 3. The Hall–Kier alpha value is -4.39. The van der Waals surface area contributed by atoms with Crippen molar-refractivity contribution in [2.24, 2.45) is 0 Å². The van der Waals surface area contributed by atoms with Crippen LogP contribution in [0.1, 0.15) is 20.7 Å². The Morgan fingerprint density at radius 1 is 0.875 bits per heavy atom. The van der Waals surface area contributed by atoms with Crippen LogP contribution in [0.15, 0.2) is 88.3 Å². The maximum Gasteiger partial charge on any atom is 0.337 e. The van der Waals surface area contributed by atoms with Crippen LogP contribution in [0.4, 0.5) is 0 Å². The first-order valence-corrected chi connectivity index (χ1v) is 9.68. The van der Waals surface area contributed by atoms with E-state index in [0.717, 1.165) is 0 Å². The molecule has 0 aliphatic heterocycles. The van der Waals surface area contributed by atoms with Gasteiger partial charge in [-0.25, -0.2) is 4.79 Å². The van der Waals surface area contributed by atoms with Gasteiger partial charge in [-0.05, 0) is 36.4 Å². The van der Waals surface area contributed by atoms with E-state index in [4.69, 9.17) is 13.9 Å². The second kappa shape index (κ2) is 9.18. The molecule has 160 valence electrons. The Balaban J connectivity index is 1.49. The van der Waals surface area contributed by atoms with Crippen LogP contribution in [0.2, 0.25) is 0 Å². The van der Waals surface area contributed by atoms with Crippen molar-refractivity contribution in [2.75, 3.05) is 13.7 Å². The summed E-state index contributed by atoms with van der Waals surface area (Å²) >= 11 is 0. The van der Waals surface area contributed by atoms with Gasteiger partial charge in [0.05, 0.1) is 18.1 Å². The SMILES string of the molecule is COC(=O)c1ccc(Oc2coc3cc(OCC(=O)c4ccccc4)ccc3c2=O)cc1. The molecule has 0 aliphatic rings. The van der Waals surface area contributed by atoms with Gasteiger partial charge in [-0.2, -0.15) is 0 Å². The Morgan fingerprint density at radius 2 is 1.59 bits per heavy atom. The number of carbonyl (C=O) groups is 2. The molecule has 0 bridgehead atoms. The first-order valence-electron chi connectivity index (χ1n) is 9.68. The molecular weight excluding hydrogens is 412 g/mol. The largest absolute Gasteiger partial charge is 0.485 e. The van der Waals surface area contributed by atoms with Crippen LogP contribution in [-0.2, 0) is 4.74 Å². The van der Waals surface area contributed by atoms with Gasteiger partial charge in [0.2, 0.25) is 11.2 Å².